The van der Waals surface area contributed by atoms with E-state index in [0.29, 0.717) is 18.1 Å². The molecule has 22 heavy (non-hydrogen) atoms. The normalized spacial score (nSPS) is 21.5. The summed E-state index contributed by atoms with van der Waals surface area (Å²) in [5, 5.41) is 12.8. The number of hydrogen-bond donors (Lipinski definition) is 2. The SMILES string of the molecule is O=C(NCC1CCCCC1O)c1cccc(-n2ccnc2)n1. The van der Waals surface area contributed by atoms with Gasteiger partial charge in [-0.05, 0) is 25.0 Å². The molecule has 0 spiro atoms. The number of imidazole rings is 1. The third-order valence-corrected chi connectivity index (χ3v) is 4.13. The highest BCUT2D eigenvalue weighted by atomic mass is 16.3. The highest BCUT2D eigenvalue weighted by molar-refractivity contribution is 5.92. The lowest BCUT2D eigenvalue weighted by atomic mass is 9.86. The minimum atomic E-state index is -0.306. The Morgan fingerprint density at radius 2 is 2.23 bits per heavy atom. The number of aromatic nitrogens is 3. The predicted molar refractivity (Wildman–Crippen MR) is 81.7 cm³/mol. The molecule has 0 aliphatic heterocycles. The molecular formula is C16H20N4O2. The summed E-state index contributed by atoms with van der Waals surface area (Å²) in [7, 11) is 0. The van der Waals surface area contributed by atoms with Gasteiger partial charge >= 0.3 is 0 Å². The molecule has 6 heteroatoms. The van der Waals surface area contributed by atoms with Crippen molar-refractivity contribution in [3.8, 4) is 5.82 Å². The number of rotatable bonds is 4. The first-order valence-corrected chi connectivity index (χ1v) is 7.65. The molecule has 1 saturated carbocycles. The van der Waals surface area contributed by atoms with E-state index in [-0.39, 0.29) is 17.9 Å². The van der Waals surface area contributed by atoms with Crippen molar-refractivity contribution >= 4 is 5.91 Å². The maximum absolute atomic E-state index is 12.2. The van der Waals surface area contributed by atoms with E-state index in [9.17, 15) is 9.90 Å². The molecule has 2 aromatic heterocycles. The van der Waals surface area contributed by atoms with Crippen LogP contribution in [0.3, 0.4) is 0 Å². The Hall–Kier alpha value is -2.21. The Balaban J connectivity index is 1.64. The van der Waals surface area contributed by atoms with Crippen LogP contribution in [-0.4, -0.2) is 38.2 Å². The zero-order valence-corrected chi connectivity index (χ0v) is 12.4. The van der Waals surface area contributed by atoms with Gasteiger partial charge in [0.1, 0.15) is 17.8 Å². The van der Waals surface area contributed by atoms with Crippen LogP contribution in [0.5, 0.6) is 0 Å². The van der Waals surface area contributed by atoms with Crippen molar-refractivity contribution in [1.82, 2.24) is 19.9 Å². The monoisotopic (exact) mass is 300 g/mol. The van der Waals surface area contributed by atoms with Crippen LogP contribution in [0.4, 0.5) is 0 Å². The molecule has 2 atom stereocenters. The van der Waals surface area contributed by atoms with E-state index in [1.807, 2.05) is 6.07 Å². The Labute approximate surface area is 129 Å². The molecule has 1 aliphatic carbocycles. The van der Waals surface area contributed by atoms with E-state index >= 15 is 0 Å². The predicted octanol–water partition coefficient (Wildman–Crippen LogP) is 1.55. The van der Waals surface area contributed by atoms with Gasteiger partial charge in [-0.1, -0.05) is 18.9 Å². The lowest BCUT2D eigenvalue weighted by Crippen LogP contribution is -2.37. The molecule has 2 aromatic rings. The third-order valence-electron chi connectivity index (χ3n) is 4.13. The number of nitrogens with zero attached hydrogens (tertiary/aromatic N) is 3. The molecule has 0 bridgehead atoms. The summed E-state index contributed by atoms with van der Waals surface area (Å²) < 4.78 is 1.75. The number of amides is 1. The zero-order valence-electron chi connectivity index (χ0n) is 12.4. The summed E-state index contributed by atoms with van der Waals surface area (Å²) in [6.45, 7) is 0.497. The van der Waals surface area contributed by atoms with Gasteiger partial charge in [0.25, 0.3) is 5.91 Å². The van der Waals surface area contributed by atoms with Crippen LogP contribution in [0.15, 0.2) is 36.9 Å². The first kappa shape index (κ1) is 14.7. The van der Waals surface area contributed by atoms with Gasteiger partial charge in [0, 0.05) is 24.9 Å². The number of carbonyl (C=O) groups is 1. The van der Waals surface area contributed by atoms with Crippen LogP contribution in [0.25, 0.3) is 5.82 Å². The maximum Gasteiger partial charge on any atom is 0.269 e. The van der Waals surface area contributed by atoms with Crippen molar-refractivity contribution in [1.29, 1.82) is 0 Å². The molecule has 116 valence electrons. The number of pyridine rings is 1. The van der Waals surface area contributed by atoms with E-state index in [4.69, 9.17) is 0 Å². The van der Waals surface area contributed by atoms with Crippen LogP contribution in [0.1, 0.15) is 36.2 Å². The summed E-state index contributed by atoms with van der Waals surface area (Å²) in [5.41, 5.74) is 0.372. The summed E-state index contributed by atoms with van der Waals surface area (Å²) in [5.74, 6) is 0.595. The topological polar surface area (TPSA) is 80.0 Å². The first-order chi connectivity index (χ1) is 10.7. The molecule has 0 saturated heterocycles. The maximum atomic E-state index is 12.2. The second-order valence-corrected chi connectivity index (χ2v) is 5.67. The highest BCUT2D eigenvalue weighted by Crippen LogP contribution is 2.23. The van der Waals surface area contributed by atoms with E-state index in [0.717, 1.165) is 25.7 Å². The molecule has 2 unspecified atom stereocenters. The van der Waals surface area contributed by atoms with Crippen molar-refractivity contribution in [3.05, 3.63) is 42.6 Å². The van der Waals surface area contributed by atoms with Crippen molar-refractivity contribution < 1.29 is 9.90 Å². The summed E-state index contributed by atoms with van der Waals surface area (Å²) in [4.78, 5) is 20.6. The minimum absolute atomic E-state index is 0.148. The van der Waals surface area contributed by atoms with Crippen molar-refractivity contribution in [2.75, 3.05) is 6.54 Å². The quantitative estimate of drug-likeness (QED) is 0.898. The van der Waals surface area contributed by atoms with Crippen LogP contribution >= 0.6 is 0 Å². The van der Waals surface area contributed by atoms with Crippen LogP contribution in [0.2, 0.25) is 0 Å². The Morgan fingerprint density at radius 3 is 3.00 bits per heavy atom. The van der Waals surface area contributed by atoms with Gasteiger partial charge in [-0.15, -0.1) is 0 Å². The van der Waals surface area contributed by atoms with E-state index in [1.54, 1.807) is 35.4 Å². The van der Waals surface area contributed by atoms with Gasteiger partial charge in [-0.25, -0.2) is 9.97 Å². The molecule has 2 N–H and O–H groups in total. The lowest BCUT2D eigenvalue weighted by Gasteiger charge is -2.27. The molecule has 1 fully saturated rings. The largest absolute Gasteiger partial charge is 0.393 e. The van der Waals surface area contributed by atoms with Crippen LogP contribution < -0.4 is 5.32 Å². The number of nitrogens with one attached hydrogen (secondary N) is 1. The van der Waals surface area contributed by atoms with Crippen molar-refractivity contribution in [3.63, 3.8) is 0 Å². The number of hydrogen-bond acceptors (Lipinski definition) is 4. The molecule has 0 aromatic carbocycles. The molecule has 1 aliphatic rings. The molecule has 6 nitrogen and oxygen atoms in total. The average molecular weight is 300 g/mol. The van der Waals surface area contributed by atoms with Crippen LogP contribution in [-0.2, 0) is 0 Å². The lowest BCUT2D eigenvalue weighted by molar-refractivity contribution is 0.0661. The first-order valence-electron chi connectivity index (χ1n) is 7.65. The number of carbonyl (C=O) groups excluding carboxylic acids is 1. The fourth-order valence-electron chi connectivity index (χ4n) is 2.83. The second-order valence-electron chi connectivity index (χ2n) is 5.67. The number of aliphatic hydroxyl groups is 1. The Kier molecular flexibility index (Phi) is 4.48. The molecule has 2 heterocycles. The van der Waals surface area contributed by atoms with E-state index in [1.165, 1.54) is 0 Å². The summed E-state index contributed by atoms with van der Waals surface area (Å²) in [6.07, 6.45) is 8.76. The zero-order chi connectivity index (χ0) is 15.4. The fraction of sp³-hybridized carbons (Fsp3) is 0.438. The second kappa shape index (κ2) is 6.70. The van der Waals surface area contributed by atoms with Crippen molar-refractivity contribution in [2.24, 2.45) is 5.92 Å². The van der Waals surface area contributed by atoms with Gasteiger partial charge < -0.3 is 10.4 Å². The highest BCUT2D eigenvalue weighted by Gasteiger charge is 2.23. The van der Waals surface area contributed by atoms with E-state index in [2.05, 4.69) is 15.3 Å². The molecular weight excluding hydrogens is 280 g/mol. The van der Waals surface area contributed by atoms with Gasteiger partial charge in [0.15, 0.2) is 0 Å². The van der Waals surface area contributed by atoms with Crippen molar-refractivity contribution in [2.45, 2.75) is 31.8 Å². The fourth-order valence-corrected chi connectivity index (χ4v) is 2.83. The molecule has 3 rings (SSSR count). The van der Waals surface area contributed by atoms with Crippen LogP contribution in [0, 0.1) is 5.92 Å². The standard InChI is InChI=1S/C16H20N4O2/c21-14-6-2-1-4-12(14)10-18-16(22)13-5-3-7-15(19-13)20-9-8-17-11-20/h3,5,7-9,11-12,14,21H,1-2,4,6,10H2,(H,18,22). The third kappa shape index (κ3) is 3.33. The summed E-state index contributed by atoms with van der Waals surface area (Å²) in [6, 6.07) is 5.31. The Morgan fingerprint density at radius 1 is 1.36 bits per heavy atom. The van der Waals surface area contributed by atoms with Gasteiger partial charge in [0.05, 0.1) is 6.10 Å². The van der Waals surface area contributed by atoms with E-state index < -0.39 is 0 Å². The average Bonchev–Trinajstić information content (AvgIpc) is 3.08. The summed E-state index contributed by atoms with van der Waals surface area (Å²) >= 11 is 0. The minimum Gasteiger partial charge on any atom is -0.393 e. The number of aliphatic hydroxyl groups excluding tert-OH is 1. The smallest absolute Gasteiger partial charge is 0.269 e. The van der Waals surface area contributed by atoms with Gasteiger partial charge in [0.2, 0.25) is 0 Å². The molecule has 0 radical (unpaired) electrons. The molecule has 1 amide bonds. The Bertz CT molecular complexity index is 627. The van der Waals surface area contributed by atoms with Gasteiger partial charge in [-0.3, -0.25) is 9.36 Å². The van der Waals surface area contributed by atoms with Gasteiger partial charge in [-0.2, -0.15) is 0 Å².